The fourth-order valence-electron chi connectivity index (χ4n) is 1.54. The van der Waals surface area contributed by atoms with Crippen LogP contribution in [0.3, 0.4) is 0 Å². The van der Waals surface area contributed by atoms with Crippen molar-refractivity contribution < 1.29 is 0 Å². The van der Waals surface area contributed by atoms with E-state index in [0.29, 0.717) is 5.92 Å². The molecule has 0 aliphatic heterocycles. The highest BCUT2D eigenvalue weighted by atomic mass is 35.5. The van der Waals surface area contributed by atoms with Gasteiger partial charge in [-0.3, -0.25) is 0 Å². The second kappa shape index (κ2) is 4.65. The number of hydrogen-bond acceptors (Lipinski definition) is 2. The van der Waals surface area contributed by atoms with Crippen molar-refractivity contribution in [3.63, 3.8) is 0 Å². The Morgan fingerprint density at radius 2 is 2.15 bits per heavy atom. The molecule has 0 radical (unpaired) electrons. The monoisotopic (exact) mass is 237 g/mol. The van der Waals surface area contributed by atoms with Crippen LogP contribution in [-0.4, -0.2) is 0 Å². The first kappa shape index (κ1) is 11.3. The molecule has 13 heavy (non-hydrogen) atoms. The average Bonchev–Trinajstić information content (AvgIpc) is 2.31. The molecule has 4 heteroatoms. The number of nitrogens with two attached hydrogens (primary N) is 1. The van der Waals surface area contributed by atoms with Gasteiger partial charge in [0.25, 0.3) is 0 Å². The standard InChI is InChI=1S/C9H12ClNS.ClH/c10-8-5-4-7(12-8)9(11)6-2-1-3-6;/h4-6,9H,1-3,11H2;1H/t9-;/m1./s1. The summed E-state index contributed by atoms with van der Waals surface area (Å²) in [6, 6.07) is 4.21. The number of rotatable bonds is 2. The lowest BCUT2D eigenvalue weighted by Crippen LogP contribution is -2.25. The molecule has 1 atom stereocenters. The van der Waals surface area contributed by atoms with Crippen LogP contribution in [0.4, 0.5) is 0 Å². The second-order valence-electron chi connectivity index (χ2n) is 3.36. The Labute approximate surface area is 93.7 Å². The van der Waals surface area contributed by atoms with Crippen molar-refractivity contribution in [2.75, 3.05) is 0 Å². The van der Waals surface area contributed by atoms with E-state index in [4.69, 9.17) is 17.3 Å². The SMILES string of the molecule is Cl.N[C@@H](c1ccc(Cl)s1)C1CCC1. The van der Waals surface area contributed by atoms with Gasteiger partial charge in [0.1, 0.15) is 0 Å². The van der Waals surface area contributed by atoms with Crippen molar-refractivity contribution in [3.05, 3.63) is 21.3 Å². The van der Waals surface area contributed by atoms with Crippen molar-refractivity contribution in [1.82, 2.24) is 0 Å². The first-order valence-corrected chi connectivity index (χ1v) is 5.47. The molecule has 1 heterocycles. The van der Waals surface area contributed by atoms with Crippen molar-refractivity contribution >= 4 is 35.3 Å². The van der Waals surface area contributed by atoms with Crippen LogP contribution >= 0.6 is 35.3 Å². The minimum atomic E-state index is 0. The van der Waals surface area contributed by atoms with E-state index in [1.807, 2.05) is 6.07 Å². The van der Waals surface area contributed by atoms with Crippen LogP contribution < -0.4 is 5.73 Å². The summed E-state index contributed by atoms with van der Waals surface area (Å²) in [5, 5.41) is 0. The van der Waals surface area contributed by atoms with Gasteiger partial charge < -0.3 is 5.73 Å². The molecule has 0 spiro atoms. The van der Waals surface area contributed by atoms with Gasteiger partial charge in [0.05, 0.1) is 4.34 Å². The van der Waals surface area contributed by atoms with Crippen LogP contribution in [0.25, 0.3) is 0 Å². The van der Waals surface area contributed by atoms with Gasteiger partial charge in [0.2, 0.25) is 0 Å². The van der Waals surface area contributed by atoms with E-state index < -0.39 is 0 Å². The number of thiophene rings is 1. The van der Waals surface area contributed by atoms with Crippen molar-refractivity contribution in [2.45, 2.75) is 25.3 Å². The molecule has 0 bridgehead atoms. The Kier molecular flexibility index (Phi) is 4.05. The summed E-state index contributed by atoms with van der Waals surface area (Å²) >= 11 is 7.45. The van der Waals surface area contributed by atoms with Crippen LogP contribution in [-0.2, 0) is 0 Å². The van der Waals surface area contributed by atoms with Gasteiger partial charge in [0, 0.05) is 10.9 Å². The van der Waals surface area contributed by atoms with Crippen molar-refractivity contribution in [3.8, 4) is 0 Å². The average molecular weight is 238 g/mol. The highest BCUT2D eigenvalue weighted by Crippen LogP contribution is 2.39. The van der Waals surface area contributed by atoms with E-state index in [2.05, 4.69) is 6.07 Å². The van der Waals surface area contributed by atoms with Gasteiger partial charge in [0.15, 0.2) is 0 Å². The quantitative estimate of drug-likeness (QED) is 0.836. The van der Waals surface area contributed by atoms with Crippen LogP contribution in [0.1, 0.15) is 30.2 Å². The first-order valence-electron chi connectivity index (χ1n) is 4.28. The lowest BCUT2D eigenvalue weighted by Gasteiger charge is -2.30. The molecule has 74 valence electrons. The maximum atomic E-state index is 6.07. The van der Waals surface area contributed by atoms with Gasteiger partial charge >= 0.3 is 0 Å². The van der Waals surface area contributed by atoms with Crippen molar-refractivity contribution in [2.24, 2.45) is 11.7 Å². The highest BCUT2D eigenvalue weighted by Gasteiger charge is 2.26. The minimum Gasteiger partial charge on any atom is -0.323 e. The van der Waals surface area contributed by atoms with E-state index in [1.165, 1.54) is 24.1 Å². The van der Waals surface area contributed by atoms with E-state index in [0.717, 1.165) is 4.34 Å². The lowest BCUT2D eigenvalue weighted by atomic mass is 9.79. The summed E-state index contributed by atoms with van der Waals surface area (Å²) in [5.41, 5.74) is 6.07. The number of halogens is 2. The summed E-state index contributed by atoms with van der Waals surface area (Å²) in [4.78, 5) is 1.24. The van der Waals surface area contributed by atoms with Gasteiger partial charge in [-0.2, -0.15) is 0 Å². The topological polar surface area (TPSA) is 26.0 Å². The Bertz CT molecular complexity index is 270. The van der Waals surface area contributed by atoms with Crippen LogP contribution in [0.2, 0.25) is 4.34 Å². The summed E-state index contributed by atoms with van der Waals surface area (Å²) in [5.74, 6) is 0.708. The molecule has 1 aliphatic carbocycles. The fraction of sp³-hybridized carbons (Fsp3) is 0.556. The molecule has 1 nitrogen and oxygen atoms in total. The molecule has 1 aliphatic rings. The first-order chi connectivity index (χ1) is 5.77. The van der Waals surface area contributed by atoms with Gasteiger partial charge in [-0.15, -0.1) is 23.7 Å². The molecule has 1 saturated carbocycles. The second-order valence-corrected chi connectivity index (χ2v) is 5.11. The minimum absolute atomic E-state index is 0. The van der Waals surface area contributed by atoms with Crippen molar-refractivity contribution in [1.29, 1.82) is 0 Å². The molecule has 0 amide bonds. The van der Waals surface area contributed by atoms with Gasteiger partial charge in [-0.1, -0.05) is 18.0 Å². The normalized spacial score (nSPS) is 18.9. The van der Waals surface area contributed by atoms with Gasteiger partial charge in [-0.05, 0) is 30.9 Å². The zero-order valence-corrected chi connectivity index (χ0v) is 9.59. The summed E-state index contributed by atoms with van der Waals surface area (Å²) in [6.45, 7) is 0. The Morgan fingerprint density at radius 1 is 1.46 bits per heavy atom. The smallest absolute Gasteiger partial charge is 0.0931 e. The molecule has 2 rings (SSSR count). The molecule has 2 N–H and O–H groups in total. The molecular weight excluding hydrogens is 225 g/mol. The number of hydrogen-bond donors (Lipinski definition) is 1. The van der Waals surface area contributed by atoms with Crippen LogP contribution in [0, 0.1) is 5.92 Å². The van der Waals surface area contributed by atoms with E-state index in [1.54, 1.807) is 11.3 Å². The molecule has 1 aromatic heterocycles. The fourth-order valence-corrected chi connectivity index (χ4v) is 2.69. The van der Waals surface area contributed by atoms with E-state index in [9.17, 15) is 0 Å². The Balaban J connectivity index is 0.000000845. The largest absolute Gasteiger partial charge is 0.323 e. The molecule has 1 fully saturated rings. The predicted molar refractivity (Wildman–Crippen MR) is 60.8 cm³/mol. The zero-order valence-electron chi connectivity index (χ0n) is 7.20. The molecule has 0 unspecified atom stereocenters. The lowest BCUT2D eigenvalue weighted by molar-refractivity contribution is 0.267. The van der Waals surface area contributed by atoms with E-state index in [-0.39, 0.29) is 18.4 Å². The molecule has 0 saturated heterocycles. The maximum absolute atomic E-state index is 6.07. The van der Waals surface area contributed by atoms with E-state index >= 15 is 0 Å². The molecular formula is C9H13Cl2NS. The Morgan fingerprint density at radius 3 is 2.54 bits per heavy atom. The Hall–Kier alpha value is 0.240. The summed E-state index contributed by atoms with van der Waals surface area (Å²) in [6.07, 6.45) is 3.92. The van der Waals surface area contributed by atoms with Gasteiger partial charge in [-0.25, -0.2) is 0 Å². The van der Waals surface area contributed by atoms with Crippen LogP contribution in [0.5, 0.6) is 0 Å². The molecule has 1 aromatic rings. The third-order valence-corrected chi connectivity index (χ3v) is 3.91. The predicted octanol–water partition coefficient (Wildman–Crippen LogP) is 3.62. The zero-order chi connectivity index (χ0) is 8.55. The maximum Gasteiger partial charge on any atom is 0.0931 e. The third kappa shape index (κ3) is 2.38. The van der Waals surface area contributed by atoms with Crippen LogP contribution in [0.15, 0.2) is 12.1 Å². The molecule has 0 aromatic carbocycles. The highest BCUT2D eigenvalue weighted by molar-refractivity contribution is 7.16. The summed E-state index contributed by atoms with van der Waals surface area (Å²) in [7, 11) is 0. The third-order valence-electron chi connectivity index (χ3n) is 2.58. The summed E-state index contributed by atoms with van der Waals surface area (Å²) < 4.78 is 0.847.